The Morgan fingerprint density at radius 1 is 1.30 bits per heavy atom. The Balaban J connectivity index is 2.05. The van der Waals surface area contributed by atoms with Crippen LogP contribution in [0.3, 0.4) is 0 Å². The van der Waals surface area contributed by atoms with Crippen molar-refractivity contribution < 1.29 is 9.84 Å². The van der Waals surface area contributed by atoms with Crippen LogP contribution in [0.1, 0.15) is 10.4 Å². The Hall–Kier alpha value is -1.79. The van der Waals surface area contributed by atoms with Crippen LogP contribution in [-0.2, 0) is 13.2 Å². The molecule has 0 unspecified atom stereocenters. The summed E-state index contributed by atoms with van der Waals surface area (Å²) in [4.78, 5) is 7.44. The van der Waals surface area contributed by atoms with E-state index in [2.05, 4.69) is 10.3 Å². The number of hydrogen-bond donors (Lipinski definition) is 2. The highest BCUT2D eigenvalue weighted by molar-refractivity contribution is 7.15. The van der Waals surface area contributed by atoms with E-state index in [9.17, 15) is 0 Å². The Labute approximate surface area is 122 Å². The molecule has 6 heteroatoms. The van der Waals surface area contributed by atoms with Crippen LogP contribution in [0.4, 0.5) is 10.8 Å². The normalized spacial score (nSPS) is 10.4. The molecule has 0 aliphatic carbocycles. The molecular weight excluding hydrogens is 274 g/mol. The van der Waals surface area contributed by atoms with E-state index in [0.29, 0.717) is 12.4 Å². The lowest BCUT2D eigenvalue weighted by atomic mass is 10.2. The number of ether oxygens (including phenoxy) is 1. The molecular formula is C14H19N3O2S. The number of benzene rings is 1. The van der Waals surface area contributed by atoms with E-state index in [0.717, 1.165) is 21.3 Å². The molecule has 0 aliphatic rings. The van der Waals surface area contributed by atoms with Crippen molar-refractivity contribution in [3.8, 4) is 5.88 Å². The summed E-state index contributed by atoms with van der Waals surface area (Å²) >= 11 is 1.61. The van der Waals surface area contributed by atoms with Crippen LogP contribution in [-0.4, -0.2) is 31.3 Å². The fourth-order valence-electron chi connectivity index (χ4n) is 1.70. The number of aromatic nitrogens is 1. The summed E-state index contributed by atoms with van der Waals surface area (Å²) in [5, 5.41) is 13.3. The van der Waals surface area contributed by atoms with Crippen LogP contribution in [0.25, 0.3) is 0 Å². The summed E-state index contributed by atoms with van der Waals surface area (Å²) in [6.45, 7) is 0.724. The quantitative estimate of drug-likeness (QED) is 0.856. The second kappa shape index (κ2) is 6.58. The molecule has 1 aromatic carbocycles. The van der Waals surface area contributed by atoms with Crippen molar-refractivity contribution in [3.63, 3.8) is 0 Å². The van der Waals surface area contributed by atoms with Crippen molar-refractivity contribution in [2.45, 2.75) is 13.2 Å². The maximum absolute atomic E-state index is 9.01. The number of rotatable bonds is 6. The van der Waals surface area contributed by atoms with Crippen molar-refractivity contribution >= 4 is 22.2 Å². The van der Waals surface area contributed by atoms with Gasteiger partial charge in [0.2, 0.25) is 5.88 Å². The minimum atomic E-state index is 0.0646. The van der Waals surface area contributed by atoms with Gasteiger partial charge in [-0.25, -0.2) is 0 Å². The fourth-order valence-corrected chi connectivity index (χ4v) is 2.59. The molecule has 0 radical (unpaired) electrons. The lowest BCUT2D eigenvalue weighted by Crippen LogP contribution is -2.07. The third-order valence-electron chi connectivity index (χ3n) is 2.82. The molecule has 1 heterocycles. The highest BCUT2D eigenvalue weighted by Crippen LogP contribution is 2.30. The number of nitrogens with one attached hydrogen (secondary N) is 1. The molecule has 0 atom stereocenters. The SMILES string of the molecule is COc1nc(N(C)C)sc1CNc1ccc(CO)cc1. The van der Waals surface area contributed by atoms with Crippen LogP contribution in [0.5, 0.6) is 5.88 Å². The van der Waals surface area contributed by atoms with Gasteiger partial charge in [0.1, 0.15) is 0 Å². The standard InChI is InChI=1S/C14H19N3O2S/c1-17(2)14-16-13(19-3)12(20-14)8-15-11-6-4-10(9-18)5-7-11/h4-7,15,18H,8-9H2,1-3H3. The van der Waals surface area contributed by atoms with Gasteiger partial charge < -0.3 is 20.1 Å². The minimum absolute atomic E-state index is 0.0646. The first-order valence-corrected chi connectivity index (χ1v) is 7.10. The average Bonchev–Trinajstić information content (AvgIpc) is 2.89. The zero-order valence-corrected chi connectivity index (χ0v) is 12.7. The number of nitrogens with zero attached hydrogens (tertiary/aromatic N) is 2. The van der Waals surface area contributed by atoms with E-state index in [1.807, 2.05) is 43.3 Å². The first-order chi connectivity index (χ1) is 9.63. The highest BCUT2D eigenvalue weighted by atomic mass is 32.1. The monoisotopic (exact) mass is 293 g/mol. The Morgan fingerprint density at radius 3 is 2.55 bits per heavy atom. The third kappa shape index (κ3) is 3.40. The van der Waals surface area contributed by atoms with E-state index in [-0.39, 0.29) is 6.61 Å². The molecule has 2 rings (SSSR count). The summed E-state index contributed by atoms with van der Waals surface area (Å²) in [7, 11) is 5.56. The van der Waals surface area contributed by atoms with Gasteiger partial charge in [-0.2, -0.15) is 4.98 Å². The molecule has 0 saturated heterocycles. The highest BCUT2D eigenvalue weighted by Gasteiger charge is 2.12. The fraction of sp³-hybridized carbons (Fsp3) is 0.357. The molecule has 0 bridgehead atoms. The van der Waals surface area contributed by atoms with Crippen molar-refractivity contribution in [3.05, 3.63) is 34.7 Å². The Bertz CT molecular complexity index is 552. The first kappa shape index (κ1) is 14.6. The van der Waals surface area contributed by atoms with Gasteiger partial charge in [0, 0.05) is 19.8 Å². The third-order valence-corrected chi connectivity index (χ3v) is 4.02. The van der Waals surface area contributed by atoms with Crippen molar-refractivity contribution in [2.75, 3.05) is 31.4 Å². The molecule has 0 amide bonds. The smallest absolute Gasteiger partial charge is 0.231 e. The van der Waals surface area contributed by atoms with Crippen molar-refractivity contribution in [2.24, 2.45) is 0 Å². The molecule has 0 spiro atoms. The van der Waals surface area contributed by atoms with Gasteiger partial charge in [0.25, 0.3) is 0 Å². The first-order valence-electron chi connectivity index (χ1n) is 6.28. The summed E-state index contributed by atoms with van der Waals surface area (Å²) in [5.74, 6) is 0.665. The number of methoxy groups -OCH3 is 1. The second-order valence-corrected chi connectivity index (χ2v) is 5.59. The molecule has 20 heavy (non-hydrogen) atoms. The summed E-state index contributed by atoms with van der Waals surface area (Å²) in [6.07, 6.45) is 0. The summed E-state index contributed by atoms with van der Waals surface area (Å²) < 4.78 is 5.30. The second-order valence-electron chi connectivity index (χ2n) is 4.53. The van der Waals surface area contributed by atoms with Crippen LogP contribution < -0.4 is 15.0 Å². The lowest BCUT2D eigenvalue weighted by Gasteiger charge is -2.06. The van der Waals surface area contributed by atoms with Crippen LogP contribution >= 0.6 is 11.3 Å². The van der Waals surface area contributed by atoms with Crippen LogP contribution in [0.2, 0.25) is 0 Å². The van der Waals surface area contributed by atoms with E-state index in [4.69, 9.17) is 9.84 Å². The van der Waals surface area contributed by atoms with Gasteiger partial charge in [-0.1, -0.05) is 23.5 Å². The number of aliphatic hydroxyl groups excluding tert-OH is 1. The van der Waals surface area contributed by atoms with E-state index >= 15 is 0 Å². The molecule has 0 saturated carbocycles. The summed E-state index contributed by atoms with van der Waals surface area (Å²) in [6, 6.07) is 7.70. The zero-order valence-electron chi connectivity index (χ0n) is 11.9. The van der Waals surface area contributed by atoms with Gasteiger partial charge in [-0.05, 0) is 17.7 Å². The topological polar surface area (TPSA) is 57.6 Å². The van der Waals surface area contributed by atoms with Gasteiger partial charge >= 0.3 is 0 Å². The average molecular weight is 293 g/mol. The van der Waals surface area contributed by atoms with Gasteiger partial charge in [0.15, 0.2) is 5.13 Å². The zero-order chi connectivity index (χ0) is 14.5. The van der Waals surface area contributed by atoms with Crippen molar-refractivity contribution in [1.82, 2.24) is 4.98 Å². The van der Waals surface area contributed by atoms with Crippen molar-refractivity contribution in [1.29, 1.82) is 0 Å². The number of anilines is 2. The van der Waals surface area contributed by atoms with Gasteiger partial charge in [0.05, 0.1) is 25.1 Å². The molecule has 0 fully saturated rings. The molecule has 2 N–H and O–H groups in total. The number of thiazole rings is 1. The summed E-state index contributed by atoms with van der Waals surface area (Å²) in [5.41, 5.74) is 1.91. The molecule has 1 aromatic heterocycles. The predicted octanol–water partition coefficient (Wildman–Crippen LogP) is 2.32. The predicted molar refractivity (Wildman–Crippen MR) is 82.7 cm³/mol. The number of aliphatic hydroxyl groups is 1. The molecule has 0 aliphatic heterocycles. The molecule has 2 aromatic rings. The Morgan fingerprint density at radius 2 is 2.00 bits per heavy atom. The largest absolute Gasteiger partial charge is 0.480 e. The Kier molecular flexibility index (Phi) is 4.81. The number of hydrogen-bond acceptors (Lipinski definition) is 6. The van der Waals surface area contributed by atoms with Gasteiger partial charge in [-0.3, -0.25) is 0 Å². The van der Waals surface area contributed by atoms with Gasteiger partial charge in [-0.15, -0.1) is 0 Å². The minimum Gasteiger partial charge on any atom is -0.480 e. The van der Waals surface area contributed by atoms with E-state index in [1.54, 1.807) is 18.4 Å². The maximum atomic E-state index is 9.01. The van der Waals surface area contributed by atoms with E-state index in [1.165, 1.54) is 0 Å². The van der Waals surface area contributed by atoms with Crippen LogP contribution in [0, 0.1) is 0 Å². The van der Waals surface area contributed by atoms with Crippen LogP contribution in [0.15, 0.2) is 24.3 Å². The molecule has 5 nitrogen and oxygen atoms in total. The van der Waals surface area contributed by atoms with E-state index < -0.39 is 0 Å². The maximum Gasteiger partial charge on any atom is 0.231 e. The molecule has 108 valence electrons. The lowest BCUT2D eigenvalue weighted by molar-refractivity contribution is 0.282.